The van der Waals surface area contributed by atoms with Gasteiger partial charge in [-0.3, -0.25) is 4.79 Å². The van der Waals surface area contributed by atoms with E-state index in [0.717, 1.165) is 18.8 Å². The van der Waals surface area contributed by atoms with E-state index >= 15 is 0 Å². The molecule has 0 aromatic rings. The summed E-state index contributed by atoms with van der Waals surface area (Å²) >= 11 is 0. The molecule has 0 aliphatic carbocycles. The van der Waals surface area contributed by atoms with Crippen molar-refractivity contribution < 1.29 is 4.79 Å². The molecule has 0 bridgehead atoms. The van der Waals surface area contributed by atoms with Crippen molar-refractivity contribution >= 4 is 5.91 Å². The van der Waals surface area contributed by atoms with Crippen molar-refractivity contribution in [2.45, 2.75) is 80.2 Å². The molecule has 0 heterocycles. The summed E-state index contributed by atoms with van der Waals surface area (Å²) in [7, 11) is 2.01. The quantitative estimate of drug-likeness (QED) is 0.703. The molecule has 0 unspecified atom stereocenters. The third-order valence-electron chi connectivity index (χ3n) is 3.32. The first kappa shape index (κ1) is 23.5. The number of hydrogen-bond acceptors (Lipinski definition) is 2. The van der Waals surface area contributed by atoms with E-state index in [1.165, 1.54) is 19.4 Å². The fraction of sp³-hybridized carbons (Fsp3) is 0.938. The minimum atomic E-state index is 0. The van der Waals surface area contributed by atoms with Gasteiger partial charge in [0.1, 0.15) is 0 Å². The summed E-state index contributed by atoms with van der Waals surface area (Å²) in [6.45, 7) is 11.7. The second kappa shape index (κ2) is 17.4. The lowest BCUT2D eigenvalue weighted by Crippen LogP contribution is -2.33. The standard InChI is InChI=1S/C8H17NO.C7H17N.CH4/c1-4-7(5-2)9-8(10)6-3;1-4-7(5-2)6-8-3;/h7H,4-6H2,1-3H3,(H,9,10);7-8H,4-6H2,1-3H3;1H4. The summed E-state index contributed by atoms with van der Waals surface area (Å²) in [6, 6.07) is 0.382. The Hall–Kier alpha value is -0.570. The Balaban J connectivity index is -0.000000262. The first-order chi connectivity index (χ1) is 8.59. The molecule has 3 nitrogen and oxygen atoms in total. The average molecular weight is 274 g/mol. The maximum Gasteiger partial charge on any atom is 0.219 e. The maximum absolute atomic E-state index is 10.8. The normalized spacial score (nSPS) is 9.68. The van der Waals surface area contributed by atoms with Crippen LogP contribution in [0.3, 0.4) is 0 Å². The molecule has 1 amide bonds. The molecule has 0 radical (unpaired) electrons. The first-order valence-electron chi connectivity index (χ1n) is 7.53. The summed E-state index contributed by atoms with van der Waals surface area (Å²) in [5.41, 5.74) is 0. The molecule has 0 aliphatic rings. The topological polar surface area (TPSA) is 41.1 Å². The van der Waals surface area contributed by atoms with Crippen LogP contribution in [0.15, 0.2) is 0 Å². The van der Waals surface area contributed by atoms with Gasteiger partial charge in [-0.25, -0.2) is 0 Å². The van der Waals surface area contributed by atoms with Gasteiger partial charge in [0.05, 0.1) is 0 Å². The van der Waals surface area contributed by atoms with Gasteiger partial charge in [0.2, 0.25) is 5.91 Å². The molecule has 0 saturated carbocycles. The summed E-state index contributed by atoms with van der Waals surface area (Å²) in [4.78, 5) is 10.8. The van der Waals surface area contributed by atoms with E-state index in [0.29, 0.717) is 12.5 Å². The van der Waals surface area contributed by atoms with E-state index < -0.39 is 0 Å². The van der Waals surface area contributed by atoms with E-state index in [-0.39, 0.29) is 13.3 Å². The monoisotopic (exact) mass is 274 g/mol. The van der Waals surface area contributed by atoms with Crippen molar-refractivity contribution in [3.8, 4) is 0 Å². The Morgan fingerprint density at radius 3 is 1.63 bits per heavy atom. The van der Waals surface area contributed by atoms with Crippen LogP contribution in [0.4, 0.5) is 0 Å². The number of rotatable bonds is 8. The highest BCUT2D eigenvalue weighted by atomic mass is 16.1. The zero-order valence-electron chi connectivity index (χ0n) is 13.3. The molecule has 0 aromatic carbocycles. The van der Waals surface area contributed by atoms with Gasteiger partial charge in [0, 0.05) is 12.5 Å². The lowest BCUT2D eigenvalue weighted by Gasteiger charge is -2.13. The van der Waals surface area contributed by atoms with Crippen molar-refractivity contribution in [2.24, 2.45) is 5.92 Å². The zero-order valence-corrected chi connectivity index (χ0v) is 13.3. The van der Waals surface area contributed by atoms with Crippen molar-refractivity contribution in [1.29, 1.82) is 0 Å². The molecule has 0 fully saturated rings. The third-order valence-corrected chi connectivity index (χ3v) is 3.32. The predicted molar refractivity (Wildman–Crippen MR) is 87.5 cm³/mol. The average Bonchev–Trinajstić information content (AvgIpc) is 2.42. The molecular formula is C16H38N2O. The highest BCUT2D eigenvalue weighted by Gasteiger charge is 2.04. The van der Waals surface area contributed by atoms with Gasteiger partial charge in [-0.1, -0.05) is 54.9 Å². The summed E-state index contributed by atoms with van der Waals surface area (Å²) in [5, 5.41) is 6.10. The first-order valence-corrected chi connectivity index (χ1v) is 7.53. The van der Waals surface area contributed by atoms with E-state index in [4.69, 9.17) is 0 Å². The zero-order chi connectivity index (χ0) is 14.4. The summed E-state index contributed by atoms with van der Waals surface area (Å²) < 4.78 is 0. The summed E-state index contributed by atoms with van der Waals surface area (Å²) in [5.74, 6) is 1.05. The molecule has 0 rings (SSSR count). The van der Waals surface area contributed by atoms with Crippen LogP contribution >= 0.6 is 0 Å². The molecule has 3 heteroatoms. The second-order valence-corrected chi connectivity index (χ2v) is 4.67. The van der Waals surface area contributed by atoms with Crippen LogP contribution in [0.25, 0.3) is 0 Å². The SMILES string of the molecule is C.CCC(=O)NC(CC)CC.CCC(CC)CNC. The molecule has 0 spiro atoms. The molecule has 2 N–H and O–H groups in total. The van der Waals surface area contributed by atoms with Gasteiger partial charge in [0.15, 0.2) is 0 Å². The fourth-order valence-corrected chi connectivity index (χ4v) is 1.69. The number of amides is 1. The number of nitrogens with one attached hydrogen (secondary N) is 2. The number of carbonyl (C=O) groups is 1. The van der Waals surface area contributed by atoms with Crippen molar-refractivity contribution in [2.75, 3.05) is 13.6 Å². The largest absolute Gasteiger partial charge is 0.353 e. The van der Waals surface area contributed by atoms with E-state index in [1.54, 1.807) is 0 Å². The third kappa shape index (κ3) is 15.4. The Morgan fingerprint density at radius 2 is 1.42 bits per heavy atom. The number of hydrogen-bond donors (Lipinski definition) is 2. The predicted octanol–water partition coefficient (Wildman–Crippen LogP) is 3.98. The maximum atomic E-state index is 10.8. The van der Waals surface area contributed by atoms with Gasteiger partial charge in [-0.2, -0.15) is 0 Å². The van der Waals surface area contributed by atoms with Gasteiger partial charge >= 0.3 is 0 Å². The molecule has 118 valence electrons. The van der Waals surface area contributed by atoms with Gasteiger partial charge in [-0.05, 0) is 32.4 Å². The van der Waals surface area contributed by atoms with Crippen LogP contribution in [0.5, 0.6) is 0 Å². The smallest absolute Gasteiger partial charge is 0.219 e. The highest BCUT2D eigenvalue weighted by Crippen LogP contribution is 2.03. The van der Waals surface area contributed by atoms with Crippen LogP contribution in [0.1, 0.15) is 74.1 Å². The molecule has 0 atom stereocenters. The molecule has 0 aliphatic heterocycles. The van der Waals surface area contributed by atoms with Crippen LogP contribution in [0.2, 0.25) is 0 Å². The molecule has 19 heavy (non-hydrogen) atoms. The van der Waals surface area contributed by atoms with E-state index in [1.807, 2.05) is 14.0 Å². The minimum Gasteiger partial charge on any atom is -0.353 e. The van der Waals surface area contributed by atoms with Gasteiger partial charge in [0.25, 0.3) is 0 Å². The minimum absolute atomic E-state index is 0. The van der Waals surface area contributed by atoms with Gasteiger partial charge < -0.3 is 10.6 Å². The number of carbonyl (C=O) groups excluding carboxylic acids is 1. The molecule has 0 saturated heterocycles. The molecule has 0 aromatic heterocycles. The Morgan fingerprint density at radius 1 is 0.947 bits per heavy atom. The van der Waals surface area contributed by atoms with Crippen LogP contribution in [-0.4, -0.2) is 25.5 Å². The van der Waals surface area contributed by atoms with Crippen LogP contribution < -0.4 is 10.6 Å². The Labute approximate surface area is 121 Å². The van der Waals surface area contributed by atoms with Crippen molar-refractivity contribution in [3.63, 3.8) is 0 Å². The highest BCUT2D eigenvalue weighted by molar-refractivity contribution is 5.75. The van der Waals surface area contributed by atoms with Crippen molar-refractivity contribution in [1.82, 2.24) is 10.6 Å². The Kier molecular flexibility index (Phi) is 21.6. The van der Waals surface area contributed by atoms with Gasteiger partial charge in [-0.15, -0.1) is 0 Å². The summed E-state index contributed by atoms with van der Waals surface area (Å²) in [6.07, 6.45) is 5.26. The lowest BCUT2D eigenvalue weighted by molar-refractivity contribution is -0.121. The van der Waals surface area contributed by atoms with Crippen LogP contribution in [0, 0.1) is 5.92 Å². The lowest BCUT2D eigenvalue weighted by atomic mass is 10.0. The van der Waals surface area contributed by atoms with E-state index in [9.17, 15) is 4.79 Å². The Bertz CT molecular complexity index is 176. The van der Waals surface area contributed by atoms with Crippen molar-refractivity contribution in [3.05, 3.63) is 0 Å². The van der Waals surface area contributed by atoms with E-state index in [2.05, 4.69) is 38.3 Å². The second-order valence-electron chi connectivity index (χ2n) is 4.67. The molecular weight excluding hydrogens is 236 g/mol. The fourth-order valence-electron chi connectivity index (χ4n) is 1.69. The van der Waals surface area contributed by atoms with Crippen LogP contribution in [-0.2, 0) is 4.79 Å².